The molecule has 3 aliphatic heterocycles. The molecule has 0 radical (unpaired) electrons. The highest BCUT2D eigenvalue weighted by atomic mass is 16.4. The Morgan fingerprint density at radius 1 is 1.38 bits per heavy atom. The molecular formula is C10H15NO2. The highest BCUT2D eigenvalue weighted by Crippen LogP contribution is 2.63. The van der Waals surface area contributed by atoms with Gasteiger partial charge in [-0.05, 0) is 38.3 Å². The van der Waals surface area contributed by atoms with E-state index in [1.54, 1.807) is 0 Å². The first-order chi connectivity index (χ1) is 6.22. The van der Waals surface area contributed by atoms with Crippen molar-refractivity contribution < 1.29 is 9.90 Å². The van der Waals surface area contributed by atoms with Crippen molar-refractivity contribution in [1.29, 1.82) is 0 Å². The molecule has 4 aliphatic rings. The molecule has 3 nitrogen and oxygen atoms in total. The van der Waals surface area contributed by atoms with Gasteiger partial charge in [0, 0.05) is 12.0 Å². The van der Waals surface area contributed by atoms with Gasteiger partial charge in [0.2, 0.25) is 0 Å². The second-order valence-corrected chi connectivity index (χ2v) is 4.88. The maximum atomic E-state index is 10.9. The van der Waals surface area contributed by atoms with Crippen LogP contribution >= 0.6 is 0 Å². The number of carboxylic acid groups (broad SMARTS) is 1. The molecule has 0 aromatic rings. The van der Waals surface area contributed by atoms with Crippen LogP contribution in [0.15, 0.2) is 0 Å². The van der Waals surface area contributed by atoms with Gasteiger partial charge in [-0.3, -0.25) is 4.79 Å². The van der Waals surface area contributed by atoms with Crippen LogP contribution in [0.1, 0.15) is 19.3 Å². The van der Waals surface area contributed by atoms with Crippen LogP contribution in [0.3, 0.4) is 0 Å². The summed E-state index contributed by atoms with van der Waals surface area (Å²) in [6, 6.07) is 0. The van der Waals surface area contributed by atoms with E-state index in [-0.39, 0.29) is 11.3 Å². The molecule has 3 saturated heterocycles. The van der Waals surface area contributed by atoms with Crippen molar-refractivity contribution >= 4 is 5.97 Å². The first-order valence-corrected chi connectivity index (χ1v) is 5.17. The Morgan fingerprint density at radius 2 is 2.08 bits per heavy atom. The summed E-state index contributed by atoms with van der Waals surface area (Å²) in [6.45, 7) is 3.48. The van der Waals surface area contributed by atoms with Crippen molar-refractivity contribution in [2.75, 3.05) is 19.6 Å². The fourth-order valence-corrected chi connectivity index (χ4v) is 3.49. The number of hydrogen-bond acceptors (Lipinski definition) is 2. The third-order valence-electron chi connectivity index (χ3n) is 4.33. The van der Waals surface area contributed by atoms with Crippen molar-refractivity contribution in [3.63, 3.8) is 0 Å². The molecule has 1 spiro atoms. The molecule has 3 heteroatoms. The lowest BCUT2D eigenvalue weighted by Crippen LogP contribution is -2.49. The Morgan fingerprint density at radius 3 is 2.46 bits per heavy atom. The van der Waals surface area contributed by atoms with E-state index in [4.69, 9.17) is 5.11 Å². The Labute approximate surface area is 77.7 Å². The fraction of sp³-hybridized carbons (Fsp3) is 0.900. The zero-order chi connectivity index (χ0) is 9.05. The quantitative estimate of drug-likeness (QED) is 0.650. The number of hydrogen-bond donors (Lipinski definition) is 1. The molecule has 3 heterocycles. The molecular weight excluding hydrogens is 166 g/mol. The Balaban J connectivity index is 1.83. The number of aliphatic carboxylic acids is 1. The van der Waals surface area contributed by atoms with Gasteiger partial charge in [-0.15, -0.1) is 0 Å². The molecule has 0 aromatic carbocycles. The minimum absolute atomic E-state index is 0.0133. The standard InChI is InChI=1S/C10H15NO2/c12-9(13)8-5-10(8)6-11-3-1-7(10)2-4-11/h7-8H,1-6H2,(H,12,13). The number of fused-ring (bicyclic) bond motifs is 2. The van der Waals surface area contributed by atoms with Crippen LogP contribution in [-0.2, 0) is 4.79 Å². The van der Waals surface area contributed by atoms with Gasteiger partial charge in [0.05, 0.1) is 5.92 Å². The predicted molar refractivity (Wildman–Crippen MR) is 47.3 cm³/mol. The van der Waals surface area contributed by atoms with Crippen LogP contribution in [0, 0.1) is 17.3 Å². The predicted octanol–water partition coefficient (Wildman–Crippen LogP) is 0.803. The topological polar surface area (TPSA) is 40.5 Å². The van der Waals surface area contributed by atoms with Gasteiger partial charge in [0.15, 0.2) is 0 Å². The van der Waals surface area contributed by atoms with Crippen molar-refractivity contribution in [1.82, 2.24) is 4.90 Å². The van der Waals surface area contributed by atoms with Gasteiger partial charge in [-0.1, -0.05) is 0 Å². The van der Waals surface area contributed by atoms with Gasteiger partial charge >= 0.3 is 5.97 Å². The lowest BCUT2D eigenvalue weighted by atomic mass is 9.75. The van der Waals surface area contributed by atoms with Gasteiger partial charge in [0.1, 0.15) is 0 Å². The van der Waals surface area contributed by atoms with E-state index in [9.17, 15) is 4.79 Å². The molecule has 2 atom stereocenters. The highest BCUT2D eigenvalue weighted by Gasteiger charge is 2.65. The summed E-state index contributed by atoms with van der Waals surface area (Å²) in [4.78, 5) is 13.3. The molecule has 4 rings (SSSR count). The zero-order valence-electron chi connectivity index (χ0n) is 7.70. The molecule has 2 unspecified atom stereocenters. The number of carbonyl (C=O) groups is 1. The van der Waals surface area contributed by atoms with Gasteiger partial charge in [-0.25, -0.2) is 0 Å². The molecule has 72 valence electrons. The Bertz CT molecular complexity index is 258. The lowest BCUT2D eigenvalue weighted by molar-refractivity contribution is -0.140. The number of carboxylic acids is 1. The van der Waals surface area contributed by atoms with Crippen LogP contribution in [0.25, 0.3) is 0 Å². The third-order valence-corrected chi connectivity index (χ3v) is 4.33. The average Bonchev–Trinajstić information content (AvgIpc) is 2.82. The molecule has 1 N–H and O–H groups in total. The van der Waals surface area contributed by atoms with Crippen LogP contribution in [0.5, 0.6) is 0 Å². The summed E-state index contributed by atoms with van der Waals surface area (Å²) < 4.78 is 0. The maximum Gasteiger partial charge on any atom is 0.307 e. The summed E-state index contributed by atoms with van der Waals surface area (Å²) in [7, 11) is 0. The normalized spacial score (nSPS) is 52.5. The Kier molecular flexibility index (Phi) is 1.36. The highest BCUT2D eigenvalue weighted by molar-refractivity contribution is 5.75. The van der Waals surface area contributed by atoms with Gasteiger partial charge in [0.25, 0.3) is 0 Å². The third kappa shape index (κ3) is 0.909. The summed E-state index contributed by atoms with van der Waals surface area (Å²) in [5, 5.41) is 8.98. The molecule has 1 saturated carbocycles. The largest absolute Gasteiger partial charge is 0.481 e. The SMILES string of the molecule is O=C(O)C1CC12CN1CCC2CC1. The number of nitrogens with zero attached hydrogens (tertiary/aromatic N) is 1. The Hall–Kier alpha value is -0.570. The number of piperidine rings is 3. The molecule has 2 bridgehead atoms. The minimum Gasteiger partial charge on any atom is -0.481 e. The second-order valence-electron chi connectivity index (χ2n) is 4.88. The van der Waals surface area contributed by atoms with E-state index in [0.717, 1.165) is 18.9 Å². The fourth-order valence-electron chi connectivity index (χ4n) is 3.49. The van der Waals surface area contributed by atoms with Crippen molar-refractivity contribution in [3.8, 4) is 0 Å². The van der Waals surface area contributed by atoms with Gasteiger partial charge < -0.3 is 10.0 Å². The molecule has 13 heavy (non-hydrogen) atoms. The summed E-state index contributed by atoms with van der Waals surface area (Å²) in [5.41, 5.74) is 0.211. The zero-order valence-corrected chi connectivity index (χ0v) is 7.70. The first kappa shape index (κ1) is 7.80. The van der Waals surface area contributed by atoms with E-state index < -0.39 is 5.97 Å². The van der Waals surface area contributed by atoms with Crippen LogP contribution in [-0.4, -0.2) is 35.6 Å². The van der Waals surface area contributed by atoms with Crippen molar-refractivity contribution in [3.05, 3.63) is 0 Å². The molecule has 0 aromatic heterocycles. The van der Waals surface area contributed by atoms with Crippen LogP contribution < -0.4 is 0 Å². The lowest BCUT2D eigenvalue weighted by Gasteiger charge is -2.46. The molecule has 1 aliphatic carbocycles. The van der Waals surface area contributed by atoms with E-state index in [0.29, 0.717) is 0 Å². The summed E-state index contributed by atoms with van der Waals surface area (Å²) in [6.07, 6.45) is 3.43. The van der Waals surface area contributed by atoms with Crippen LogP contribution in [0.2, 0.25) is 0 Å². The monoisotopic (exact) mass is 181 g/mol. The van der Waals surface area contributed by atoms with E-state index >= 15 is 0 Å². The summed E-state index contributed by atoms with van der Waals surface area (Å²) >= 11 is 0. The minimum atomic E-state index is -0.561. The molecule has 4 fully saturated rings. The van der Waals surface area contributed by atoms with Crippen molar-refractivity contribution in [2.45, 2.75) is 19.3 Å². The summed E-state index contributed by atoms with van der Waals surface area (Å²) in [5.74, 6) is 0.146. The van der Waals surface area contributed by atoms with Gasteiger partial charge in [-0.2, -0.15) is 0 Å². The smallest absolute Gasteiger partial charge is 0.307 e. The van der Waals surface area contributed by atoms with Crippen LogP contribution in [0.4, 0.5) is 0 Å². The maximum absolute atomic E-state index is 10.9. The van der Waals surface area contributed by atoms with E-state index in [1.165, 1.54) is 25.9 Å². The van der Waals surface area contributed by atoms with Crippen molar-refractivity contribution in [2.24, 2.45) is 17.3 Å². The number of rotatable bonds is 1. The molecule has 0 amide bonds. The second kappa shape index (κ2) is 2.27. The van der Waals surface area contributed by atoms with E-state index in [2.05, 4.69) is 4.90 Å². The first-order valence-electron chi connectivity index (χ1n) is 5.17. The van der Waals surface area contributed by atoms with E-state index in [1.807, 2.05) is 0 Å². The average molecular weight is 181 g/mol.